The zero-order valence-electron chi connectivity index (χ0n) is 10.3. The molecule has 0 unspecified atom stereocenters. The lowest BCUT2D eigenvalue weighted by Gasteiger charge is -2.36. The Hall–Kier alpha value is -1.33. The van der Waals surface area contributed by atoms with Crippen LogP contribution in [-0.2, 0) is 18.4 Å². The number of hydrogen-bond acceptors (Lipinski definition) is 4. The summed E-state index contributed by atoms with van der Waals surface area (Å²) in [5.74, 6) is -9.71. The summed E-state index contributed by atoms with van der Waals surface area (Å²) < 4.78 is 96.6. The fourth-order valence-corrected chi connectivity index (χ4v) is 3.27. The van der Waals surface area contributed by atoms with Crippen LogP contribution in [0.25, 0.3) is 0 Å². The molecule has 12 heteroatoms. The van der Waals surface area contributed by atoms with E-state index in [9.17, 15) is 40.3 Å². The maximum absolute atomic E-state index is 13.5. The van der Waals surface area contributed by atoms with Gasteiger partial charge in [-0.15, -0.1) is 0 Å². The Balaban J connectivity index is 5.89. The summed E-state index contributed by atoms with van der Waals surface area (Å²) in [6, 6.07) is 0. The van der Waals surface area contributed by atoms with E-state index in [2.05, 4.69) is 8.85 Å². The molecule has 118 valence electrons. The van der Waals surface area contributed by atoms with Gasteiger partial charge in [0.05, 0.1) is 0 Å². The first-order valence-corrected chi connectivity index (χ1v) is 7.11. The van der Waals surface area contributed by atoms with Crippen LogP contribution < -0.4 is 0 Å². The van der Waals surface area contributed by atoms with Crippen LogP contribution in [-0.4, -0.2) is 38.1 Å². The second-order valence-electron chi connectivity index (χ2n) is 3.78. The fourth-order valence-electron chi connectivity index (χ4n) is 1.16. The highest BCUT2D eigenvalue weighted by atomic mass is 28.4. The van der Waals surface area contributed by atoms with E-state index in [1.165, 1.54) is 0 Å². The van der Waals surface area contributed by atoms with Crippen molar-refractivity contribution in [1.82, 2.24) is 0 Å². The third-order valence-electron chi connectivity index (χ3n) is 2.00. The first-order valence-electron chi connectivity index (χ1n) is 4.80. The molecule has 0 N–H and O–H groups in total. The summed E-state index contributed by atoms with van der Waals surface area (Å²) in [7, 11) is -5.85. The summed E-state index contributed by atoms with van der Waals surface area (Å²) in [6.07, 6.45) is -6.62. The van der Waals surface area contributed by atoms with Gasteiger partial charge in [0.25, 0.3) is 11.9 Å². The monoisotopic (exact) mass is 330 g/mol. The SMILES string of the molecule is CC(=O)O[Si](C)(OC(C)=O)C(F)(F)C(F)(F)C(F)(F)F. The number of carbonyl (C=O) groups excluding carboxylic acids is 2. The molecule has 0 atom stereocenters. The van der Waals surface area contributed by atoms with E-state index in [0.29, 0.717) is 13.8 Å². The minimum Gasteiger partial charge on any atom is -0.482 e. The molecule has 0 aromatic heterocycles. The maximum atomic E-state index is 13.5. The van der Waals surface area contributed by atoms with Crippen LogP contribution in [0.2, 0.25) is 6.55 Å². The number of hydrogen-bond donors (Lipinski definition) is 0. The van der Waals surface area contributed by atoms with E-state index in [1.54, 1.807) is 0 Å². The van der Waals surface area contributed by atoms with Gasteiger partial charge in [-0.3, -0.25) is 9.59 Å². The van der Waals surface area contributed by atoms with E-state index in [4.69, 9.17) is 0 Å². The molecule has 20 heavy (non-hydrogen) atoms. The summed E-state index contributed by atoms with van der Waals surface area (Å²) in [6.45, 7) is 1.06. The lowest BCUT2D eigenvalue weighted by molar-refractivity contribution is -0.340. The van der Waals surface area contributed by atoms with Crippen molar-refractivity contribution >= 4 is 20.5 Å². The van der Waals surface area contributed by atoms with Crippen molar-refractivity contribution < 1.29 is 49.2 Å². The standard InChI is InChI=1S/C8H9F7O4Si/c1-4(16)18-20(3,19-5(2)17)8(14,15)6(9,10)7(11,12)13/h1-3H3. The van der Waals surface area contributed by atoms with Gasteiger partial charge < -0.3 is 8.85 Å². The molecule has 0 rings (SSSR count). The first kappa shape index (κ1) is 18.7. The normalized spacial score (nSPS) is 13.9. The third kappa shape index (κ3) is 3.22. The van der Waals surface area contributed by atoms with Crippen molar-refractivity contribution in [3.8, 4) is 0 Å². The van der Waals surface area contributed by atoms with Crippen LogP contribution in [0.1, 0.15) is 13.8 Å². The molecule has 0 spiro atoms. The fraction of sp³-hybridized carbons (Fsp3) is 0.750. The van der Waals surface area contributed by atoms with Crippen molar-refractivity contribution in [1.29, 1.82) is 0 Å². The molecule has 0 saturated carbocycles. The molecule has 0 radical (unpaired) electrons. The molecule has 0 aromatic carbocycles. The summed E-state index contributed by atoms with van der Waals surface area (Å²) >= 11 is 0. The van der Waals surface area contributed by atoms with Crippen molar-refractivity contribution in [3.63, 3.8) is 0 Å². The first-order chi connectivity index (χ1) is 8.58. The summed E-state index contributed by atoms with van der Waals surface area (Å²) in [5, 5.41) is 0. The van der Waals surface area contributed by atoms with Gasteiger partial charge in [0.15, 0.2) is 0 Å². The quantitative estimate of drug-likeness (QED) is 0.587. The number of rotatable bonds is 4. The summed E-state index contributed by atoms with van der Waals surface area (Å²) in [4.78, 5) is 21.3. The number of halogens is 7. The van der Waals surface area contributed by atoms with Crippen LogP contribution in [0.4, 0.5) is 30.7 Å². The highest BCUT2D eigenvalue weighted by Gasteiger charge is 2.84. The average molecular weight is 330 g/mol. The Bertz CT molecular complexity index is 390. The maximum Gasteiger partial charge on any atom is 0.542 e. The van der Waals surface area contributed by atoms with Crippen molar-refractivity contribution in [2.75, 3.05) is 0 Å². The minimum atomic E-state index is -6.62. The zero-order chi connectivity index (χ0) is 16.6. The van der Waals surface area contributed by atoms with Crippen molar-refractivity contribution in [2.24, 2.45) is 0 Å². The Morgan fingerprint density at radius 2 is 1.15 bits per heavy atom. The minimum absolute atomic E-state index is 0.0649. The molecule has 0 aliphatic rings. The van der Waals surface area contributed by atoms with Crippen LogP contribution in [0.15, 0.2) is 0 Å². The lowest BCUT2D eigenvalue weighted by Crippen LogP contribution is -2.69. The van der Waals surface area contributed by atoms with E-state index >= 15 is 0 Å². The molecular weight excluding hydrogens is 321 g/mol. The van der Waals surface area contributed by atoms with Gasteiger partial charge in [0, 0.05) is 20.4 Å². The zero-order valence-corrected chi connectivity index (χ0v) is 11.3. The van der Waals surface area contributed by atoms with Gasteiger partial charge in [0.1, 0.15) is 0 Å². The van der Waals surface area contributed by atoms with Gasteiger partial charge >= 0.3 is 26.2 Å². The molecule has 0 heterocycles. The van der Waals surface area contributed by atoms with Crippen molar-refractivity contribution in [2.45, 2.75) is 38.0 Å². The molecule has 0 fully saturated rings. The second kappa shape index (κ2) is 5.22. The van der Waals surface area contributed by atoms with Crippen LogP contribution in [0.3, 0.4) is 0 Å². The predicted octanol–water partition coefficient (Wildman–Crippen LogP) is 2.56. The lowest BCUT2D eigenvalue weighted by atomic mass is 10.3. The Labute approximate surface area is 109 Å². The largest absolute Gasteiger partial charge is 0.542 e. The molecular formula is C8H9F7O4Si. The number of carbonyl (C=O) groups is 2. The van der Waals surface area contributed by atoms with E-state index in [-0.39, 0.29) is 6.55 Å². The Morgan fingerprint density at radius 3 is 1.35 bits per heavy atom. The third-order valence-corrected chi connectivity index (χ3v) is 4.81. The van der Waals surface area contributed by atoms with E-state index in [0.717, 1.165) is 0 Å². The predicted molar refractivity (Wildman–Crippen MR) is 51.1 cm³/mol. The molecule has 0 saturated heterocycles. The van der Waals surface area contributed by atoms with Gasteiger partial charge in [-0.05, 0) is 0 Å². The molecule has 0 amide bonds. The number of alkyl halides is 7. The molecule has 0 aliphatic carbocycles. The molecule has 4 nitrogen and oxygen atoms in total. The average Bonchev–Trinajstić information content (AvgIpc) is 2.11. The molecule has 0 bridgehead atoms. The van der Waals surface area contributed by atoms with Gasteiger partial charge in [0.2, 0.25) is 0 Å². The highest BCUT2D eigenvalue weighted by Crippen LogP contribution is 2.51. The van der Waals surface area contributed by atoms with Crippen LogP contribution >= 0.6 is 0 Å². The van der Waals surface area contributed by atoms with Crippen LogP contribution in [0, 0.1) is 0 Å². The van der Waals surface area contributed by atoms with Gasteiger partial charge in [-0.25, -0.2) is 0 Å². The Kier molecular flexibility index (Phi) is 4.87. The highest BCUT2D eigenvalue weighted by molar-refractivity contribution is 6.71. The summed E-state index contributed by atoms with van der Waals surface area (Å²) in [5.41, 5.74) is -5.91. The topological polar surface area (TPSA) is 52.6 Å². The Morgan fingerprint density at radius 1 is 0.850 bits per heavy atom. The van der Waals surface area contributed by atoms with Gasteiger partial charge in [-0.2, -0.15) is 30.7 Å². The molecule has 0 aromatic rings. The van der Waals surface area contributed by atoms with Gasteiger partial charge in [-0.1, -0.05) is 0 Å². The van der Waals surface area contributed by atoms with Crippen LogP contribution in [0.5, 0.6) is 0 Å². The molecule has 0 aliphatic heterocycles. The van der Waals surface area contributed by atoms with E-state index < -0.39 is 38.1 Å². The smallest absolute Gasteiger partial charge is 0.482 e. The van der Waals surface area contributed by atoms with E-state index in [1.807, 2.05) is 0 Å². The second-order valence-corrected chi connectivity index (χ2v) is 6.71. The van der Waals surface area contributed by atoms with Crippen molar-refractivity contribution in [3.05, 3.63) is 0 Å².